The number of hydrogen-bond acceptors (Lipinski definition) is 2. The summed E-state index contributed by atoms with van der Waals surface area (Å²) in [5.41, 5.74) is 3.61. The number of rotatable bonds is 1. The molecule has 4 aromatic rings. The van der Waals surface area contributed by atoms with E-state index < -0.39 is 0 Å². The smallest absolute Gasteiger partial charge is 0.215 e. The maximum Gasteiger partial charge on any atom is 0.215 e. The van der Waals surface area contributed by atoms with E-state index in [1.807, 2.05) is 52.9 Å². The molecule has 0 aliphatic carbocycles. The standard InChI is InChI=1S/C15H9N2O.Ir/c1-2-6-11(7-3-1)15-16-10-14-17(15)12-8-4-5-9-13(12)18-14;/h1-6,8-10H;/q-1;. The van der Waals surface area contributed by atoms with Gasteiger partial charge in [-0.2, -0.15) is 0 Å². The molecule has 0 saturated carbocycles. The van der Waals surface area contributed by atoms with Gasteiger partial charge in [0.2, 0.25) is 5.71 Å². The average molecular weight is 425 g/mol. The SMILES string of the molecule is [Ir].[c-]1ccccc1-c1ncc2oc3ccccc3n12. The fraction of sp³-hybridized carbons (Fsp3) is 0. The van der Waals surface area contributed by atoms with Crippen LogP contribution in [0.4, 0.5) is 0 Å². The Morgan fingerprint density at radius 2 is 1.89 bits per heavy atom. The Morgan fingerprint density at radius 1 is 1.05 bits per heavy atom. The van der Waals surface area contributed by atoms with Crippen molar-refractivity contribution in [1.82, 2.24) is 9.38 Å². The summed E-state index contributed by atoms with van der Waals surface area (Å²) in [4.78, 5) is 4.41. The second-order valence-electron chi connectivity index (χ2n) is 4.10. The van der Waals surface area contributed by atoms with E-state index in [9.17, 15) is 0 Å². The normalized spacial score (nSPS) is 10.7. The number of hydrogen-bond donors (Lipinski definition) is 0. The molecule has 0 amide bonds. The van der Waals surface area contributed by atoms with Crippen molar-refractivity contribution in [3.63, 3.8) is 0 Å². The number of para-hydroxylation sites is 2. The summed E-state index contributed by atoms with van der Waals surface area (Å²) in [5, 5.41) is 0. The van der Waals surface area contributed by atoms with E-state index in [2.05, 4.69) is 11.1 Å². The first-order valence-electron chi connectivity index (χ1n) is 5.75. The molecule has 0 spiro atoms. The second-order valence-corrected chi connectivity index (χ2v) is 4.10. The molecular formula is C15H9IrN2O-. The number of nitrogens with zero attached hydrogens (tertiary/aromatic N) is 2. The van der Waals surface area contributed by atoms with Gasteiger partial charge in [0.15, 0.2) is 5.58 Å². The van der Waals surface area contributed by atoms with Gasteiger partial charge in [-0.25, -0.2) is 0 Å². The number of aromatic nitrogens is 2. The fourth-order valence-electron chi connectivity index (χ4n) is 2.20. The van der Waals surface area contributed by atoms with Gasteiger partial charge < -0.3 is 8.82 Å². The zero-order chi connectivity index (χ0) is 11.9. The number of fused-ring (bicyclic) bond motifs is 3. The molecule has 0 saturated heterocycles. The minimum atomic E-state index is 0. The van der Waals surface area contributed by atoms with Crippen molar-refractivity contribution in [2.24, 2.45) is 0 Å². The van der Waals surface area contributed by atoms with Crippen LogP contribution in [0.25, 0.3) is 28.2 Å². The van der Waals surface area contributed by atoms with Gasteiger partial charge in [0, 0.05) is 20.1 Å². The third-order valence-electron chi connectivity index (χ3n) is 3.00. The van der Waals surface area contributed by atoms with Gasteiger partial charge in [0.05, 0.1) is 17.5 Å². The second kappa shape index (κ2) is 4.65. The molecule has 95 valence electrons. The maximum absolute atomic E-state index is 5.74. The summed E-state index contributed by atoms with van der Waals surface area (Å²) in [6.45, 7) is 0. The third-order valence-corrected chi connectivity index (χ3v) is 3.00. The molecular weight excluding hydrogens is 416 g/mol. The quantitative estimate of drug-likeness (QED) is 0.437. The minimum absolute atomic E-state index is 0. The van der Waals surface area contributed by atoms with Crippen LogP contribution < -0.4 is 0 Å². The summed E-state index contributed by atoms with van der Waals surface area (Å²) in [6, 6.07) is 19.0. The van der Waals surface area contributed by atoms with Gasteiger partial charge in [0.25, 0.3) is 0 Å². The summed E-state index contributed by atoms with van der Waals surface area (Å²) in [5.74, 6) is 0.857. The Bertz CT molecular complexity index is 833. The van der Waals surface area contributed by atoms with Crippen molar-refractivity contribution < 1.29 is 24.5 Å². The fourth-order valence-corrected chi connectivity index (χ4v) is 2.20. The molecule has 4 heteroatoms. The van der Waals surface area contributed by atoms with Gasteiger partial charge >= 0.3 is 0 Å². The van der Waals surface area contributed by atoms with Crippen LogP contribution in [-0.2, 0) is 20.1 Å². The van der Waals surface area contributed by atoms with Crippen LogP contribution >= 0.6 is 0 Å². The molecule has 1 radical (unpaired) electrons. The predicted octanol–water partition coefficient (Wildman–Crippen LogP) is 3.55. The molecule has 2 heterocycles. The van der Waals surface area contributed by atoms with E-state index in [4.69, 9.17) is 4.42 Å². The third kappa shape index (κ3) is 1.81. The van der Waals surface area contributed by atoms with Gasteiger partial charge in [-0.1, -0.05) is 12.1 Å². The van der Waals surface area contributed by atoms with Crippen molar-refractivity contribution in [3.8, 4) is 11.4 Å². The van der Waals surface area contributed by atoms with Crippen molar-refractivity contribution >= 4 is 16.8 Å². The molecule has 0 N–H and O–H groups in total. The first-order valence-corrected chi connectivity index (χ1v) is 5.75. The average Bonchev–Trinajstić information content (AvgIpc) is 2.98. The molecule has 0 atom stereocenters. The summed E-state index contributed by atoms with van der Waals surface area (Å²) >= 11 is 0. The molecule has 2 aromatic carbocycles. The van der Waals surface area contributed by atoms with E-state index in [0.29, 0.717) is 0 Å². The molecule has 0 unspecified atom stereocenters. The number of benzene rings is 2. The predicted molar refractivity (Wildman–Crippen MR) is 69.2 cm³/mol. The Kier molecular flexibility index (Phi) is 2.97. The van der Waals surface area contributed by atoms with Crippen molar-refractivity contribution in [2.45, 2.75) is 0 Å². The Labute approximate surface area is 123 Å². The number of oxazole rings is 1. The van der Waals surface area contributed by atoms with Gasteiger partial charge in [-0.05, 0) is 12.1 Å². The minimum Gasteiger partial charge on any atom is -0.437 e. The van der Waals surface area contributed by atoms with Crippen LogP contribution in [0.5, 0.6) is 0 Å². The summed E-state index contributed by atoms with van der Waals surface area (Å²) < 4.78 is 7.76. The van der Waals surface area contributed by atoms with E-state index in [1.54, 1.807) is 6.20 Å². The van der Waals surface area contributed by atoms with Gasteiger partial charge in [-0.3, -0.25) is 4.98 Å². The first kappa shape index (κ1) is 12.1. The Morgan fingerprint density at radius 3 is 2.74 bits per heavy atom. The molecule has 0 aliphatic heterocycles. The van der Waals surface area contributed by atoms with Crippen LogP contribution in [0.3, 0.4) is 0 Å². The molecule has 0 aliphatic rings. The largest absolute Gasteiger partial charge is 0.437 e. The van der Waals surface area contributed by atoms with Crippen LogP contribution in [0, 0.1) is 6.07 Å². The van der Waals surface area contributed by atoms with Crippen molar-refractivity contribution in [3.05, 3.63) is 60.8 Å². The molecule has 4 rings (SSSR count). The molecule has 2 aromatic heterocycles. The molecule has 19 heavy (non-hydrogen) atoms. The molecule has 0 fully saturated rings. The molecule has 0 bridgehead atoms. The van der Waals surface area contributed by atoms with Crippen molar-refractivity contribution in [1.29, 1.82) is 0 Å². The maximum atomic E-state index is 5.74. The Hall–Kier alpha value is -1.90. The van der Waals surface area contributed by atoms with Crippen LogP contribution in [0.15, 0.2) is 59.1 Å². The topological polar surface area (TPSA) is 30.4 Å². The van der Waals surface area contributed by atoms with Gasteiger partial charge in [-0.15, -0.1) is 35.9 Å². The summed E-state index contributed by atoms with van der Waals surface area (Å²) in [6.07, 6.45) is 1.75. The van der Waals surface area contributed by atoms with E-state index in [-0.39, 0.29) is 20.1 Å². The zero-order valence-corrected chi connectivity index (χ0v) is 12.2. The molecule has 3 nitrogen and oxygen atoms in total. The van der Waals surface area contributed by atoms with E-state index >= 15 is 0 Å². The van der Waals surface area contributed by atoms with Crippen LogP contribution in [0.1, 0.15) is 0 Å². The van der Waals surface area contributed by atoms with Crippen molar-refractivity contribution in [2.75, 3.05) is 0 Å². The van der Waals surface area contributed by atoms with Crippen LogP contribution in [0.2, 0.25) is 0 Å². The zero-order valence-electron chi connectivity index (χ0n) is 9.83. The van der Waals surface area contributed by atoms with Gasteiger partial charge in [0.1, 0.15) is 0 Å². The Balaban J connectivity index is 0.00000110. The van der Waals surface area contributed by atoms with E-state index in [1.165, 1.54) is 0 Å². The number of imidazole rings is 1. The summed E-state index contributed by atoms with van der Waals surface area (Å²) in [7, 11) is 0. The first-order chi connectivity index (χ1) is 8.93. The monoisotopic (exact) mass is 426 g/mol. The van der Waals surface area contributed by atoms with E-state index in [0.717, 1.165) is 28.2 Å². The van der Waals surface area contributed by atoms with Crippen LogP contribution in [-0.4, -0.2) is 9.38 Å².